The van der Waals surface area contributed by atoms with Gasteiger partial charge in [-0.25, -0.2) is 14.4 Å². The minimum absolute atomic E-state index is 0.0804. The molecule has 8 nitrogen and oxygen atoms in total. The molecule has 1 heterocycles. The molecule has 0 radical (unpaired) electrons. The van der Waals surface area contributed by atoms with Crippen molar-refractivity contribution in [3.63, 3.8) is 0 Å². The Balaban J connectivity index is 2.38. The van der Waals surface area contributed by atoms with Crippen LogP contribution in [-0.4, -0.2) is 32.4 Å². The molecule has 0 spiro atoms. The van der Waals surface area contributed by atoms with Gasteiger partial charge in [0.05, 0.1) is 11.1 Å². The molecule has 25 heavy (non-hydrogen) atoms. The number of phenols is 2. The van der Waals surface area contributed by atoms with Gasteiger partial charge >= 0.3 is 17.6 Å². The second-order valence-electron chi connectivity index (χ2n) is 5.20. The Bertz CT molecular complexity index is 1090. The normalized spacial score (nSPS) is 10.7. The molecule has 0 aliphatic carbocycles. The van der Waals surface area contributed by atoms with E-state index < -0.39 is 34.8 Å². The number of carbonyl (C=O) groups is 2. The van der Waals surface area contributed by atoms with Crippen molar-refractivity contribution in [2.75, 3.05) is 0 Å². The highest BCUT2D eigenvalue weighted by Crippen LogP contribution is 2.36. The van der Waals surface area contributed by atoms with Gasteiger partial charge in [-0.05, 0) is 52.7 Å². The summed E-state index contributed by atoms with van der Waals surface area (Å²) in [6.07, 6.45) is 0. The number of carboxylic acid groups (broad SMARTS) is 2. The van der Waals surface area contributed by atoms with Gasteiger partial charge in [-0.15, -0.1) is 0 Å². The van der Waals surface area contributed by atoms with E-state index in [0.717, 1.165) is 12.1 Å². The van der Waals surface area contributed by atoms with Gasteiger partial charge in [0.25, 0.3) is 0 Å². The Kier molecular flexibility index (Phi) is 3.65. The van der Waals surface area contributed by atoms with Crippen LogP contribution in [0.4, 0.5) is 0 Å². The molecule has 0 saturated carbocycles. The Labute approximate surface area is 138 Å². The molecule has 0 aliphatic rings. The van der Waals surface area contributed by atoms with E-state index in [9.17, 15) is 29.7 Å². The standard InChI is InChI=1S/C17H10O8/c18-12-5-7-3-8(15(20)21)4-11(10(7)6-13(12)19)9-1-2-14(16(22)23)25-17(9)24/h1-6,18-19H,(H,20,21)(H,22,23). The van der Waals surface area contributed by atoms with Gasteiger partial charge in [0.2, 0.25) is 5.76 Å². The first-order chi connectivity index (χ1) is 11.8. The molecule has 0 saturated heterocycles. The zero-order valence-electron chi connectivity index (χ0n) is 12.4. The van der Waals surface area contributed by atoms with Crippen molar-refractivity contribution in [3.05, 3.63) is 58.1 Å². The quantitative estimate of drug-likeness (QED) is 0.530. The third kappa shape index (κ3) is 2.76. The van der Waals surface area contributed by atoms with Gasteiger partial charge in [-0.3, -0.25) is 0 Å². The fraction of sp³-hybridized carbons (Fsp3) is 0. The highest BCUT2D eigenvalue weighted by atomic mass is 16.4. The summed E-state index contributed by atoms with van der Waals surface area (Å²) < 4.78 is 4.71. The topological polar surface area (TPSA) is 145 Å². The van der Waals surface area contributed by atoms with Crippen LogP contribution in [0.1, 0.15) is 20.9 Å². The lowest BCUT2D eigenvalue weighted by Crippen LogP contribution is -2.08. The highest BCUT2D eigenvalue weighted by molar-refractivity contribution is 6.03. The summed E-state index contributed by atoms with van der Waals surface area (Å²) in [6.45, 7) is 0. The number of rotatable bonds is 3. The van der Waals surface area contributed by atoms with Crippen LogP contribution < -0.4 is 5.63 Å². The molecule has 4 N–H and O–H groups in total. The minimum atomic E-state index is -1.42. The van der Waals surface area contributed by atoms with Crippen LogP contribution in [0.25, 0.3) is 21.9 Å². The molecule has 0 atom stereocenters. The van der Waals surface area contributed by atoms with E-state index in [-0.39, 0.29) is 27.5 Å². The number of benzene rings is 2. The van der Waals surface area contributed by atoms with E-state index in [2.05, 4.69) is 0 Å². The molecule has 0 aliphatic heterocycles. The average molecular weight is 342 g/mol. The highest BCUT2D eigenvalue weighted by Gasteiger charge is 2.17. The maximum absolute atomic E-state index is 12.1. The van der Waals surface area contributed by atoms with Crippen molar-refractivity contribution >= 4 is 22.7 Å². The van der Waals surface area contributed by atoms with E-state index in [1.165, 1.54) is 24.3 Å². The molecule has 3 rings (SSSR count). The zero-order valence-corrected chi connectivity index (χ0v) is 12.4. The van der Waals surface area contributed by atoms with Crippen molar-refractivity contribution in [3.8, 4) is 22.6 Å². The van der Waals surface area contributed by atoms with E-state index in [0.29, 0.717) is 0 Å². The predicted molar refractivity (Wildman–Crippen MR) is 85.2 cm³/mol. The van der Waals surface area contributed by atoms with Gasteiger partial charge < -0.3 is 24.8 Å². The van der Waals surface area contributed by atoms with Crippen molar-refractivity contribution in [2.45, 2.75) is 0 Å². The maximum atomic E-state index is 12.1. The summed E-state index contributed by atoms with van der Waals surface area (Å²) in [5.41, 5.74) is -1.09. The monoisotopic (exact) mass is 342 g/mol. The number of carboxylic acids is 2. The molecule has 0 bridgehead atoms. The molecular weight excluding hydrogens is 332 g/mol. The minimum Gasteiger partial charge on any atom is -0.504 e. The number of aromatic hydroxyl groups is 2. The molecule has 0 unspecified atom stereocenters. The second-order valence-corrected chi connectivity index (χ2v) is 5.20. The first-order valence-corrected chi connectivity index (χ1v) is 6.89. The van der Waals surface area contributed by atoms with Crippen molar-refractivity contribution in [2.24, 2.45) is 0 Å². The summed E-state index contributed by atoms with van der Waals surface area (Å²) in [6, 6.07) is 7.07. The van der Waals surface area contributed by atoms with Crippen LogP contribution in [0, 0.1) is 0 Å². The summed E-state index contributed by atoms with van der Waals surface area (Å²) >= 11 is 0. The van der Waals surface area contributed by atoms with E-state index in [4.69, 9.17) is 9.52 Å². The fourth-order valence-corrected chi connectivity index (χ4v) is 2.47. The first-order valence-electron chi connectivity index (χ1n) is 6.89. The number of phenolic OH excluding ortho intramolecular Hbond substituents is 2. The Morgan fingerprint density at radius 1 is 0.840 bits per heavy atom. The Morgan fingerprint density at radius 3 is 2.12 bits per heavy atom. The Morgan fingerprint density at radius 2 is 1.52 bits per heavy atom. The van der Waals surface area contributed by atoms with Gasteiger partial charge in [0.15, 0.2) is 11.5 Å². The SMILES string of the molecule is O=C(O)c1cc(-c2ccc(C(=O)O)oc2=O)c2cc(O)c(O)cc2c1. The van der Waals surface area contributed by atoms with Crippen molar-refractivity contribution in [1.29, 1.82) is 0 Å². The fourth-order valence-electron chi connectivity index (χ4n) is 2.47. The molecule has 3 aromatic rings. The lowest BCUT2D eigenvalue weighted by Gasteiger charge is -2.10. The Hall–Kier alpha value is -3.81. The molecule has 0 amide bonds. The summed E-state index contributed by atoms with van der Waals surface area (Å²) in [7, 11) is 0. The van der Waals surface area contributed by atoms with E-state index in [1.54, 1.807) is 0 Å². The number of fused-ring (bicyclic) bond motifs is 1. The second kappa shape index (κ2) is 5.68. The number of hydrogen-bond donors (Lipinski definition) is 4. The predicted octanol–water partition coefficient (Wildman–Crippen LogP) is 2.27. The number of aromatic carboxylic acids is 2. The summed E-state index contributed by atoms with van der Waals surface area (Å²) in [5, 5.41) is 38.0. The molecule has 126 valence electrons. The third-order valence-electron chi connectivity index (χ3n) is 3.62. The van der Waals surface area contributed by atoms with Gasteiger partial charge in [-0.1, -0.05) is 0 Å². The van der Waals surface area contributed by atoms with Crippen LogP contribution in [0.5, 0.6) is 11.5 Å². The van der Waals surface area contributed by atoms with Gasteiger partial charge in [0, 0.05) is 0 Å². The van der Waals surface area contributed by atoms with Crippen LogP contribution >= 0.6 is 0 Å². The zero-order chi connectivity index (χ0) is 18.3. The maximum Gasteiger partial charge on any atom is 0.371 e. The summed E-state index contributed by atoms with van der Waals surface area (Å²) in [5.74, 6) is -4.15. The van der Waals surface area contributed by atoms with Crippen LogP contribution in [-0.2, 0) is 0 Å². The molecule has 8 heteroatoms. The first kappa shape index (κ1) is 16.1. The molecule has 1 aromatic heterocycles. The van der Waals surface area contributed by atoms with Gasteiger partial charge in [0.1, 0.15) is 0 Å². The molecular formula is C17H10O8. The van der Waals surface area contributed by atoms with Crippen LogP contribution in [0.2, 0.25) is 0 Å². The van der Waals surface area contributed by atoms with Crippen LogP contribution in [0.3, 0.4) is 0 Å². The summed E-state index contributed by atoms with van der Waals surface area (Å²) in [4.78, 5) is 34.3. The van der Waals surface area contributed by atoms with Crippen LogP contribution in [0.15, 0.2) is 45.6 Å². The van der Waals surface area contributed by atoms with Gasteiger partial charge in [-0.2, -0.15) is 0 Å². The molecule has 0 fully saturated rings. The van der Waals surface area contributed by atoms with Crippen molar-refractivity contribution in [1.82, 2.24) is 0 Å². The largest absolute Gasteiger partial charge is 0.504 e. The van der Waals surface area contributed by atoms with E-state index in [1.807, 2.05) is 0 Å². The smallest absolute Gasteiger partial charge is 0.371 e. The number of hydrogen-bond acceptors (Lipinski definition) is 6. The average Bonchev–Trinajstić information content (AvgIpc) is 2.55. The third-order valence-corrected chi connectivity index (χ3v) is 3.62. The molecule has 2 aromatic carbocycles. The van der Waals surface area contributed by atoms with Crippen molar-refractivity contribution < 1.29 is 34.4 Å². The van der Waals surface area contributed by atoms with E-state index >= 15 is 0 Å². The lowest BCUT2D eigenvalue weighted by molar-refractivity contribution is 0.0655. The lowest BCUT2D eigenvalue weighted by atomic mass is 9.96.